The average molecular weight is 388 g/mol. The number of sulfonamides is 1. The Morgan fingerprint density at radius 2 is 2.00 bits per heavy atom. The number of rotatable bonds is 2. The second-order valence-corrected chi connectivity index (χ2v) is 8.47. The third-order valence-corrected chi connectivity index (χ3v) is 6.63. The highest BCUT2D eigenvalue weighted by atomic mass is 32.2. The SMILES string of the molecule is O=C1CN2CCN(S(=O)(=O)c3cccnc3)C[C@@H]2COc2ccccc2N1. The van der Waals surface area contributed by atoms with Gasteiger partial charge in [-0.05, 0) is 24.3 Å². The van der Waals surface area contributed by atoms with Crippen LogP contribution in [0.5, 0.6) is 5.75 Å². The molecule has 9 heteroatoms. The van der Waals surface area contributed by atoms with Gasteiger partial charge in [0.2, 0.25) is 15.9 Å². The number of benzene rings is 1. The number of pyridine rings is 1. The van der Waals surface area contributed by atoms with Crippen LogP contribution in [0.2, 0.25) is 0 Å². The fourth-order valence-electron chi connectivity index (χ4n) is 3.35. The van der Waals surface area contributed by atoms with E-state index in [0.29, 0.717) is 31.1 Å². The standard InChI is InChI=1S/C18H20N4O4S/c23-18-12-21-8-9-22(27(24,25)15-4-3-7-19-10-15)11-14(21)13-26-17-6-2-1-5-16(17)20-18/h1-7,10,14H,8-9,11-13H2,(H,20,23)/t14-/m1/s1. The molecule has 4 rings (SSSR count). The van der Waals surface area contributed by atoms with Gasteiger partial charge in [0, 0.05) is 32.0 Å². The molecule has 0 radical (unpaired) electrons. The van der Waals surface area contributed by atoms with Crippen LogP contribution in [0.25, 0.3) is 0 Å². The van der Waals surface area contributed by atoms with E-state index in [4.69, 9.17) is 4.74 Å². The minimum absolute atomic E-state index is 0.137. The minimum Gasteiger partial charge on any atom is -0.490 e. The van der Waals surface area contributed by atoms with Crippen LogP contribution < -0.4 is 10.1 Å². The molecule has 1 aromatic carbocycles. The first-order valence-electron chi connectivity index (χ1n) is 8.70. The maximum absolute atomic E-state index is 12.9. The molecular formula is C18H20N4O4S. The molecule has 1 saturated heterocycles. The number of piperazine rings is 1. The van der Waals surface area contributed by atoms with E-state index in [2.05, 4.69) is 10.3 Å². The molecule has 0 unspecified atom stereocenters. The molecule has 3 heterocycles. The van der Waals surface area contributed by atoms with Gasteiger partial charge in [-0.25, -0.2) is 8.42 Å². The number of nitrogens with zero attached hydrogens (tertiary/aromatic N) is 3. The fraction of sp³-hybridized carbons (Fsp3) is 0.333. The quantitative estimate of drug-likeness (QED) is 0.818. The summed E-state index contributed by atoms with van der Waals surface area (Å²) in [5.41, 5.74) is 0.627. The number of hydrogen-bond donors (Lipinski definition) is 1. The van der Waals surface area contributed by atoms with E-state index in [1.807, 2.05) is 17.0 Å². The zero-order valence-electron chi connectivity index (χ0n) is 14.6. The molecule has 2 aromatic rings. The summed E-state index contributed by atoms with van der Waals surface area (Å²) >= 11 is 0. The molecule has 27 heavy (non-hydrogen) atoms. The minimum atomic E-state index is -3.63. The van der Waals surface area contributed by atoms with Crippen LogP contribution in [0.15, 0.2) is 53.7 Å². The number of carbonyl (C=O) groups excluding carboxylic acids is 1. The Kier molecular flexibility index (Phi) is 4.81. The summed E-state index contributed by atoms with van der Waals surface area (Å²) in [4.78, 5) is 18.4. The summed E-state index contributed by atoms with van der Waals surface area (Å²) in [6.07, 6.45) is 2.89. The zero-order valence-corrected chi connectivity index (χ0v) is 15.4. The predicted molar refractivity (Wildman–Crippen MR) is 98.9 cm³/mol. The molecule has 2 aliphatic heterocycles. The van der Waals surface area contributed by atoms with Gasteiger partial charge in [-0.2, -0.15) is 4.31 Å². The number of amides is 1. The number of nitrogens with one attached hydrogen (secondary N) is 1. The number of fused-ring (bicyclic) bond motifs is 2. The van der Waals surface area contributed by atoms with Gasteiger partial charge in [0.25, 0.3) is 0 Å². The van der Waals surface area contributed by atoms with Gasteiger partial charge < -0.3 is 10.1 Å². The van der Waals surface area contributed by atoms with Crippen molar-refractivity contribution < 1.29 is 17.9 Å². The van der Waals surface area contributed by atoms with Gasteiger partial charge in [-0.3, -0.25) is 14.7 Å². The largest absolute Gasteiger partial charge is 0.490 e. The maximum Gasteiger partial charge on any atom is 0.244 e. The van der Waals surface area contributed by atoms with Gasteiger partial charge in [-0.15, -0.1) is 0 Å². The molecule has 8 nitrogen and oxygen atoms in total. The summed E-state index contributed by atoms with van der Waals surface area (Å²) in [6, 6.07) is 10.2. The molecule has 1 N–H and O–H groups in total. The average Bonchev–Trinajstić information content (AvgIpc) is 2.75. The number of aromatic nitrogens is 1. The van der Waals surface area contributed by atoms with E-state index < -0.39 is 10.0 Å². The number of ether oxygens (including phenoxy) is 1. The number of carbonyl (C=O) groups is 1. The van der Waals surface area contributed by atoms with Crippen LogP contribution in [-0.2, 0) is 14.8 Å². The van der Waals surface area contributed by atoms with Gasteiger partial charge in [0.05, 0.1) is 18.3 Å². The molecule has 142 valence electrons. The molecule has 1 aromatic heterocycles. The van der Waals surface area contributed by atoms with Crippen molar-refractivity contribution in [1.29, 1.82) is 0 Å². The van der Waals surface area contributed by atoms with Crippen LogP contribution in [0.1, 0.15) is 0 Å². The highest BCUT2D eigenvalue weighted by Gasteiger charge is 2.36. The van der Waals surface area contributed by atoms with Crippen molar-refractivity contribution in [3.8, 4) is 5.75 Å². The smallest absolute Gasteiger partial charge is 0.244 e. The van der Waals surface area contributed by atoms with Crippen LogP contribution in [0.3, 0.4) is 0 Å². The lowest BCUT2D eigenvalue weighted by Gasteiger charge is -2.39. The number of para-hydroxylation sites is 2. The Morgan fingerprint density at radius 3 is 2.81 bits per heavy atom. The van der Waals surface area contributed by atoms with Crippen molar-refractivity contribution in [1.82, 2.24) is 14.2 Å². The van der Waals surface area contributed by atoms with Gasteiger partial charge >= 0.3 is 0 Å². The van der Waals surface area contributed by atoms with Gasteiger partial charge in [0.15, 0.2) is 0 Å². The van der Waals surface area contributed by atoms with Crippen LogP contribution in [0.4, 0.5) is 5.69 Å². The fourth-order valence-corrected chi connectivity index (χ4v) is 4.79. The maximum atomic E-state index is 12.9. The topological polar surface area (TPSA) is 91.8 Å². The van der Waals surface area contributed by atoms with Crippen molar-refractivity contribution in [3.63, 3.8) is 0 Å². The Balaban J connectivity index is 1.57. The van der Waals surface area contributed by atoms with Crippen molar-refractivity contribution in [2.24, 2.45) is 0 Å². The van der Waals surface area contributed by atoms with E-state index in [1.54, 1.807) is 24.4 Å². The molecule has 1 amide bonds. The Morgan fingerprint density at radius 1 is 1.15 bits per heavy atom. The van der Waals surface area contributed by atoms with Gasteiger partial charge in [-0.1, -0.05) is 12.1 Å². The molecule has 0 aliphatic carbocycles. The van der Waals surface area contributed by atoms with Crippen molar-refractivity contribution in [3.05, 3.63) is 48.8 Å². The lowest BCUT2D eigenvalue weighted by atomic mass is 10.2. The second-order valence-electron chi connectivity index (χ2n) is 6.53. The number of anilines is 1. The van der Waals surface area contributed by atoms with E-state index in [9.17, 15) is 13.2 Å². The summed E-state index contributed by atoms with van der Waals surface area (Å²) in [6.45, 7) is 1.52. The van der Waals surface area contributed by atoms with E-state index in [0.717, 1.165) is 0 Å². The van der Waals surface area contributed by atoms with Crippen LogP contribution >= 0.6 is 0 Å². The summed E-state index contributed by atoms with van der Waals surface area (Å²) in [5, 5.41) is 2.86. The molecule has 1 atom stereocenters. The Bertz CT molecular complexity index is 935. The lowest BCUT2D eigenvalue weighted by Crippen LogP contribution is -2.57. The third-order valence-electron chi connectivity index (χ3n) is 4.78. The summed E-state index contributed by atoms with van der Waals surface area (Å²) < 4.78 is 33.1. The highest BCUT2D eigenvalue weighted by Crippen LogP contribution is 2.27. The van der Waals surface area contributed by atoms with E-state index >= 15 is 0 Å². The first-order chi connectivity index (χ1) is 13.0. The summed E-state index contributed by atoms with van der Waals surface area (Å²) in [7, 11) is -3.63. The number of hydrogen-bond acceptors (Lipinski definition) is 6. The third kappa shape index (κ3) is 3.66. The van der Waals surface area contributed by atoms with Crippen molar-refractivity contribution in [2.45, 2.75) is 10.9 Å². The van der Waals surface area contributed by atoms with E-state index in [-0.39, 0.29) is 29.9 Å². The molecule has 1 fully saturated rings. The summed E-state index contributed by atoms with van der Waals surface area (Å²) in [5.74, 6) is 0.446. The monoisotopic (exact) mass is 388 g/mol. The predicted octanol–water partition coefficient (Wildman–Crippen LogP) is 0.788. The van der Waals surface area contributed by atoms with Crippen molar-refractivity contribution >= 4 is 21.6 Å². The Hall–Kier alpha value is -2.49. The second kappa shape index (κ2) is 7.26. The van der Waals surface area contributed by atoms with Gasteiger partial charge in [0.1, 0.15) is 17.3 Å². The molecular weight excluding hydrogens is 368 g/mol. The highest BCUT2D eigenvalue weighted by molar-refractivity contribution is 7.89. The van der Waals surface area contributed by atoms with Crippen LogP contribution in [0, 0.1) is 0 Å². The normalized spacial score (nSPS) is 21.6. The van der Waals surface area contributed by atoms with Crippen LogP contribution in [-0.4, -0.2) is 67.3 Å². The molecule has 0 spiro atoms. The molecule has 2 aliphatic rings. The van der Waals surface area contributed by atoms with Crippen molar-refractivity contribution in [2.75, 3.05) is 38.1 Å². The molecule has 0 saturated carbocycles. The molecule has 0 bridgehead atoms. The van der Waals surface area contributed by atoms with E-state index in [1.165, 1.54) is 16.6 Å². The first-order valence-corrected chi connectivity index (χ1v) is 10.1. The zero-order chi connectivity index (χ0) is 18.9. The lowest BCUT2D eigenvalue weighted by molar-refractivity contribution is -0.118. The Labute approximate surface area is 157 Å². The first kappa shape index (κ1) is 17.9.